The molecule has 0 fully saturated rings. The van der Waals surface area contributed by atoms with Gasteiger partial charge in [0.25, 0.3) is 0 Å². The zero-order chi connectivity index (χ0) is 25.4. The second-order valence-electron chi connectivity index (χ2n) is 9.16. The maximum absolute atomic E-state index is 4.94. The van der Waals surface area contributed by atoms with Crippen LogP contribution in [0.1, 0.15) is 91.9 Å². The summed E-state index contributed by atoms with van der Waals surface area (Å²) in [4.78, 5) is 14.7. The van der Waals surface area contributed by atoms with Crippen molar-refractivity contribution < 1.29 is 41.6 Å². The standard InChI is InChI=1S/C32H41N3.2ClH.Co/c1-8-23-16-25(10-3)31(26(11-4)17-23)33-20-29-14-22(7)15-30(35-29)21-34-32-27(12-5)18-24(9-2)19-28(32)13-6;;;/h14-21H,8-13H2,1-7H3;2*1H;/q;;;+2/p-2. The van der Waals surface area contributed by atoms with Crippen LogP contribution in [-0.2, 0) is 55.3 Å². The van der Waals surface area contributed by atoms with E-state index in [9.17, 15) is 0 Å². The molecule has 1 aromatic heterocycles. The Balaban J connectivity index is 0.00000456. The Bertz CT molecular complexity index is 1090. The summed E-state index contributed by atoms with van der Waals surface area (Å²) < 4.78 is 0. The maximum atomic E-state index is 4.94. The minimum Gasteiger partial charge on any atom is -1.00 e. The Morgan fingerprint density at radius 2 is 0.868 bits per heavy atom. The van der Waals surface area contributed by atoms with Crippen molar-refractivity contribution in [3.05, 3.63) is 86.7 Å². The monoisotopic (exact) mass is 596 g/mol. The van der Waals surface area contributed by atoms with E-state index >= 15 is 0 Å². The van der Waals surface area contributed by atoms with Crippen molar-refractivity contribution in [2.75, 3.05) is 0 Å². The average Bonchev–Trinajstić information content (AvgIpc) is 2.89. The molecule has 6 heteroatoms. The van der Waals surface area contributed by atoms with Crippen molar-refractivity contribution in [1.29, 1.82) is 0 Å². The molecule has 0 bridgehead atoms. The van der Waals surface area contributed by atoms with Crippen LogP contribution in [0.15, 0.2) is 46.4 Å². The fourth-order valence-electron chi connectivity index (χ4n) is 4.60. The van der Waals surface area contributed by atoms with E-state index < -0.39 is 0 Å². The topological polar surface area (TPSA) is 37.6 Å². The summed E-state index contributed by atoms with van der Waals surface area (Å²) in [6, 6.07) is 13.4. The van der Waals surface area contributed by atoms with Gasteiger partial charge in [0, 0.05) is 0 Å². The zero-order valence-electron chi connectivity index (χ0n) is 23.8. The molecule has 0 unspecified atom stereocenters. The van der Waals surface area contributed by atoms with E-state index in [2.05, 4.69) is 84.9 Å². The molecule has 3 nitrogen and oxygen atoms in total. The van der Waals surface area contributed by atoms with E-state index in [0.717, 1.165) is 66.9 Å². The Kier molecular flexibility index (Phi) is 16.7. The van der Waals surface area contributed by atoms with Crippen molar-refractivity contribution in [3.63, 3.8) is 0 Å². The molecular formula is C32H41Cl2CoN3. The van der Waals surface area contributed by atoms with Gasteiger partial charge in [-0.25, -0.2) is 4.98 Å². The number of hydrogen-bond donors (Lipinski definition) is 0. The van der Waals surface area contributed by atoms with Crippen LogP contribution in [0.4, 0.5) is 11.4 Å². The molecule has 0 aliphatic carbocycles. The molecule has 0 aliphatic rings. The Hall–Kier alpha value is -1.98. The number of halogens is 2. The van der Waals surface area contributed by atoms with Crippen molar-refractivity contribution in [3.8, 4) is 0 Å². The predicted octanol–water partition coefficient (Wildman–Crippen LogP) is 2.27. The van der Waals surface area contributed by atoms with Gasteiger partial charge < -0.3 is 24.8 Å². The van der Waals surface area contributed by atoms with Crippen LogP contribution in [0.25, 0.3) is 0 Å². The van der Waals surface area contributed by atoms with E-state index in [1.165, 1.54) is 33.4 Å². The molecule has 0 saturated heterocycles. The number of benzene rings is 2. The van der Waals surface area contributed by atoms with Gasteiger partial charge in [0.2, 0.25) is 0 Å². The Morgan fingerprint density at radius 3 is 1.13 bits per heavy atom. The number of rotatable bonds is 10. The molecule has 0 spiro atoms. The number of aliphatic imine (C=N–C) groups is 2. The summed E-state index contributed by atoms with van der Waals surface area (Å²) in [5, 5.41) is 0. The largest absolute Gasteiger partial charge is 2.00 e. The fraction of sp³-hybridized carbons (Fsp3) is 0.406. The fourth-order valence-corrected chi connectivity index (χ4v) is 4.60. The van der Waals surface area contributed by atoms with Crippen molar-refractivity contribution in [1.82, 2.24) is 4.98 Å². The van der Waals surface area contributed by atoms with Crippen LogP contribution in [0.5, 0.6) is 0 Å². The molecule has 1 heterocycles. The maximum Gasteiger partial charge on any atom is 2.00 e. The SMILES string of the molecule is CCc1cc(CC)c(N=Cc2cc(C)cc(C=Nc3c(CC)cc(CC)cc3CC)n2)c(CC)c1.[Cl-].[Cl-].[Co+2]. The van der Waals surface area contributed by atoms with Crippen LogP contribution >= 0.6 is 0 Å². The minimum atomic E-state index is 0. The van der Waals surface area contributed by atoms with Crippen LogP contribution in [0, 0.1) is 6.92 Å². The quantitative estimate of drug-likeness (QED) is 0.331. The Morgan fingerprint density at radius 1 is 0.553 bits per heavy atom. The first-order chi connectivity index (χ1) is 17.0. The smallest absolute Gasteiger partial charge is 1.00 e. The number of pyridine rings is 1. The van der Waals surface area contributed by atoms with Crippen LogP contribution < -0.4 is 24.8 Å². The molecule has 0 amide bonds. The van der Waals surface area contributed by atoms with E-state index in [-0.39, 0.29) is 41.6 Å². The first-order valence-electron chi connectivity index (χ1n) is 13.3. The van der Waals surface area contributed by atoms with Crippen LogP contribution in [0.2, 0.25) is 0 Å². The van der Waals surface area contributed by atoms with Gasteiger partial charge in [0.1, 0.15) is 0 Å². The molecule has 1 radical (unpaired) electrons. The third kappa shape index (κ3) is 9.05. The summed E-state index contributed by atoms with van der Waals surface area (Å²) in [6.07, 6.45) is 9.82. The second-order valence-corrected chi connectivity index (χ2v) is 9.16. The number of aryl methyl sites for hydroxylation is 7. The van der Waals surface area contributed by atoms with E-state index in [1.807, 2.05) is 12.4 Å². The molecule has 0 atom stereocenters. The third-order valence-corrected chi connectivity index (χ3v) is 6.66. The summed E-state index contributed by atoms with van der Waals surface area (Å²) in [5.41, 5.74) is 13.1. The van der Waals surface area contributed by atoms with Gasteiger partial charge >= 0.3 is 16.8 Å². The molecule has 3 aromatic rings. The number of hydrogen-bond acceptors (Lipinski definition) is 3. The van der Waals surface area contributed by atoms with E-state index in [0.29, 0.717) is 0 Å². The second kappa shape index (κ2) is 17.6. The molecule has 38 heavy (non-hydrogen) atoms. The van der Waals surface area contributed by atoms with Gasteiger partial charge in [-0.05, 0) is 96.5 Å². The molecule has 3 rings (SSSR count). The van der Waals surface area contributed by atoms with Crippen molar-refractivity contribution >= 4 is 23.8 Å². The molecule has 207 valence electrons. The molecule has 0 aliphatic heterocycles. The van der Waals surface area contributed by atoms with Gasteiger partial charge in [0.15, 0.2) is 0 Å². The van der Waals surface area contributed by atoms with E-state index in [1.54, 1.807) is 0 Å². The summed E-state index contributed by atoms with van der Waals surface area (Å²) in [6.45, 7) is 15.3. The molecule has 0 saturated carbocycles. The summed E-state index contributed by atoms with van der Waals surface area (Å²) >= 11 is 0. The van der Waals surface area contributed by atoms with Crippen LogP contribution in [-0.4, -0.2) is 17.4 Å². The first-order valence-corrected chi connectivity index (χ1v) is 13.3. The third-order valence-electron chi connectivity index (χ3n) is 6.66. The van der Waals surface area contributed by atoms with Gasteiger partial charge in [-0.1, -0.05) is 65.8 Å². The van der Waals surface area contributed by atoms with Gasteiger partial charge in [-0.3, -0.25) is 9.98 Å². The Labute approximate surface area is 253 Å². The molecule has 0 N–H and O–H groups in total. The van der Waals surface area contributed by atoms with Gasteiger partial charge in [-0.15, -0.1) is 0 Å². The summed E-state index contributed by atoms with van der Waals surface area (Å²) in [5.74, 6) is 0. The van der Waals surface area contributed by atoms with Crippen molar-refractivity contribution in [2.24, 2.45) is 9.98 Å². The summed E-state index contributed by atoms with van der Waals surface area (Å²) in [7, 11) is 0. The number of nitrogens with zero attached hydrogens (tertiary/aromatic N) is 3. The van der Waals surface area contributed by atoms with Gasteiger partial charge in [-0.2, -0.15) is 0 Å². The minimum absolute atomic E-state index is 0. The molecular weight excluding hydrogens is 556 g/mol. The van der Waals surface area contributed by atoms with E-state index in [4.69, 9.17) is 15.0 Å². The zero-order valence-corrected chi connectivity index (χ0v) is 26.3. The van der Waals surface area contributed by atoms with Crippen LogP contribution in [0.3, 0.4) is 0 Å². The van der Waals surface area contributed by atoms with Gasteiger partial charge in [0.05, 0.1) is 35.2 Å². The average molecular weight is 598 g/mol. The first kappa shape index (κ1) is 36.0. The normalized spacial score (nSPS) is 10.8. The van der Waals surface area contributed by atoms with Crippen molar-refractivity contribution in [2.45, 2.75) is 87.0 Å². The number of aromatic nitrogens is 1. The predicted molar refractivity (Wildman–Crippen MR) is 153 cm³/mol. The molecule has 2 aromatic carbocycles.